The van der Waals surface area contributed by atoms with Gasteiger partial charge in [0.15, 0.2) is 0 Å². The number of anilines is 1. The van der Waals surface area contributed by atoms with Gasteiger partial charge in [-0.05, 0) is 44.2 Å². The molecule has 0 saturated carbocycles. The highest BCUT2D eigenvalue weighted by atomic mass is 16.5. The van der Waals surface area contributed by atoms with Crippen LogP contribution in [-0.4, -0.2) is 56.5 Å². The summed E-state index contributed by atoms with van der Waals surface area (Å²) in [4.78, 5) is 18.2. The summed E-state index contributed by atoms with van der Waals surface area (Å²) < 4.78 is 10.5. The Balaban J connectivity index is 1.63. The number of nitrogens with zero attached hydrogens (tertiary/aromatic N) is 2. The second-order valence-corrected chi connectivity index (χ2v) is 8.13. The summed E-state index contributed by atoms with van der Waals surface area (Å²) in [5.41, 5.74) is 3.80. The van der Waals surface area contributed by atoms with Crippen molar-refractivity contribution in [2.75, 3.05) is 38.3 Å². The van der Waals surface area contributed by atoms with Crippen LogP contribution in [0.3, 0.4) is 0 Å². The number of nitrogens with one attached hydrogen (secondary N) is 2. The Labute approximate surface area is 177 Å². The molecule has 7 heteroatoms. The lowest BCUT2D eigenvalue weighted by Gasteiger charge is -2.37. The number of esters is 1. The molecule has 0 atom stereocenters. The van der Waals surface area contributed by atoms with Gasteiger partial charge in [0.05, 0.1) is 23.9 Å². The third kappa shape index (κ3) is 3.90. The van der Waals surface area contributed by atoms with E-state index in [9.17, 15) is 10.1 Å². The summed E-state index contributed by atoms with van der Waals surface area (Å²) in [6, 6.07) is 7.06. The van der Waals surface area contributed by atoms with E-state index in [-0.39, 0.29) is 5.97 Å². The largest absolute Gasteiger partial charge is 0.465 e. The van der Waals surface area contributed by atoms with Crippen LogP contribution in [0.4, 0.5) is 5.69 Å². The highest BCUT2D eigenvalue weighted by molar-refractivity contribution is 6.08. The van der Waals surface area contributed by atoms with Gasteiger partial charge in [0.2, 0.25) is 0 Å². The normalized spacial score (nSPS) is 18.5. The minimum atomic E-state index is -0.363. The number of hydrogen-bond acceptors (Lipinski definition) is 6. The van der Waals surface area contributed by atoms with Crippen LogP contribution in [0.25, 0.3) is 10.9 Å². The molecule has 0 amide bonds. The minimum Gasteiger partial charge on any atom is -0.465 e. The molecular formula is C23H30N4O3. The number of aryl methyl sites for hydroxylation is 1. The fraction of sp³-hybridized carbons (Fsp3) is 0.565. The number of fused-ring (bicyclic) bond motifs is 1. The lowest BCUT2D eigenvalue weighted by Crippen LogP contribution is -2.48. The molecular weight excluding hydrogens is 380 g/mol. The lowest BCUT2D eigenvalue weighted by molar-refractivity contribution is 0.0601. The molecule has 2 saturated heterocycles. The molecule has 2 aromatic rings. The molecule has 2 aliphatic heterocycles. The highest BCUT2D eigenvalue weighted by Crippen LogP contribution is 2.37. The fourth-order valence-electron chi connectivity index (χ4n) is 4.78. The molecule has 0 bridgehead atoms. The number of benzene rings is 1. The first-order valence-electron chi connectivity index (χ1n) is 10.9. The first kappa shape index (κ1) is 20.7. The van der Waals surface area contributed by atoms with E-state index in [1.807, 2.05) is 19.1 Å². The fourth-order valence-corrected chi connectivity index (χ4v) is 4.78. The number of carbonyl (C=O) groups is 1. The molecule has 30 heavy (non-hydrogen) atoms. The summed E-state index contributed by atoms with van der Waals surface area (Å²) >= 11 is 0. The molecule has 2 aliphatic rings. The topological polar surface area (TPSA) is 90.4 Å². The third-order valence-electron chi connectivity index (χ3n) is 6.39. The molecule has 0 unspecified atom stereocenters. The first-order chi connectivity index (χ1) is 14.7. The Morgan fingerprint density at radius 1 is 1.27 bits per heavy atom. The van der Waals surface area contributed by atoms with Crippen LogP contribution in [0.15, 0.2) is 12.1 Å². The standard InChI is InChI=1S/C23H30N4O3/c1-3-19-18(14-24)21-20(26-19)5-4-17(23(28)29-2)22(21)27-10-6-15(7-11-27)25-16-8-12-30-13-9-16/h4-5,15-16,25-26H,3,6-13H2,1-2H3. The molecule has 1 aromatic heterocycles. The van der Waals surface area contributed by atoms with Gasteiger partial charge in [-0.15, -0.1) is 0 Å². The van der Waals surface area contributed by atoms with E-state index in [4.69, 9.17) is 9.47 Å². The van der Waals surface area contributed by atoms with Crippen molar-refractivity contribution in [3.8, 4) is 6.07 Å². The van der Waals surface area contributed by atoms with Crippen molar-refractivity contribution in [1.82, 2.24) is 10.3 Å². The summed E-state index contributed by atoms with van der Waals surface area (Å²) in [5, 5.41) is 14.5. The zero-order valence-electron chi connectivity index (χ0n) is 17.8. The molecule has 0 aliphatic carbocycles. The molecule has 2 fully saturated rings. The average Bonchev–Trinajstić information content (AvgIpc) is 3.17. The lowest BCUT2D eigenvalue weighted by atomic mass is 9.98. The van der Waals surface area contributed by atoms with Crippen LogP contribution in [0, 0.1) is 11.3 Å². The van der Waals surface area contributed by atoms with Gasteiger partial charge in [-0.25, -0.2) is 4.79 Å². The third-order valence-corrected chi connectivity index (χ3v) is 6.39. The zero-order chi connectivity index (χ0) is 21.1. The molecule has 0 spiro atoms. The smallest absolute Gasteiger partial charge is 0.339 e. The van der Waals surface area contributed by atoms with Crippen molar-refractivity contribution in [2.45, 2.75) is 51.1 Å². The monoisotopic (exact) mass is 410 g/mol. The summed E-state index contributed by atoms with van der Waals surface area (Å²) in [7, 11) is 1.40. The number of H-pyrrole nitrogens is 1. The number of carbonyl (C=O) groups excluding carboxylic acids is 1. The van der Waals surface area contributed by atoms with Crippen LogP contribution in [-0.2, 0) is 15.9 Å². The highest BCUT2D eigenvalue weighted by Gasteiger charge is 2.28. The van der Waals surface area contributed by atoms with E-state index in [1.165, 1.54) is 7.11 Å². The second-order valence-electron chi connectivity index (χ2n) is 8.13. The van der Waals surface area contributed by atoms with Gasteiger partial charge in [-0.2, -0.15) is 5.26 Å². The van der Waals surface area contributed by atoms with Crippen molar-refractivity contribution < 1.29 is 14.3 Å². The number of aromatic amines is 1. The van der Waals surface area contributed by atoms with E-state index in [1.54, 1.807) is 0 Å². The number of aromatic nitrogens is 1. The molecule has 4 rings (SSSR count). The van der Waals surface area contributed by atoms with E-state index >= 15 is 0 Å². The predicted octanol–water partition coefficient (Wildman–Crippen LogP) is 3.13. The molecule has 2 N–H and O–H groups in total. The summed E-state index contributed by atoms with van der Waals surface area (Å²) in [6.45, 7) is 5.37. The van der Waals surface area contributed by atoms with Crippen molar-refractivity contribution in [3.63, 3.8) is 0 Å². The van der Waals surface area contributed by atoms with Crippen molar-refractivity contribution in [1.29, 1.82) is 5.26 Å². The minimum absolute atomic E-state index is 0.363. The number of hydrogen-bond donors (Lipinski definition) is 2. The van der Waals surface area contributed by atoms with Crippen molar-refractivity contribution in [3.05, 3.63) is 29.0 Å². The molecule has 0 radical (unpaired) electrons. The quantitative estimate of drug-likeness (QED) is 0.736. The summed E-state index contributed by atoms with van der Waals surface area (Å²) in [6.07, 6.45) is 4.88. The van der Waals surface area contributed by atoms with Gasteiger partial charge in [-0.1, -0.05) is 6.92 Å². The Kier molecular flexibility index (Phi) is 6.26. The van der Waals surface area contributed by atoms with E-state index in [0.29, 0.717) is 23.2 Å². The van der Waals surface area contributed by atoms with Gasteiger partial charge < -0.3 is 24.7 Å². The maximum atomic E-state index is 12.6. The number of ether oxygens (including phenoxy) is 2. The van der Waals surface area contributed by atoms with Gasteiger partial charge in [0.1, 0.15) is 6.07 Å². The van der Waals surface area contributed by atoms with Gasteiger partial charge in [0.25, 0.3) is 0 Å². The van der Waals surface area contributed by atoms with Crippen LogP contribution >= 0.6 is 0 Å². The SMILES string of the molecule is CCc1[nH]c2ccc(C(=O)OC)c(N3CCC(NC4CCOCC4)CC3)c2c1C#N. The first-order valence-corrected chi connectivity index (χ1v) is 10.9. The Morgan fingerprint density at radius 2 is 1.97 bits per heavy atom. The van der Waals surface area contributed by atoms with E-state index in [0.717, 1.165) is 80.7 Å². The van der Waals surface area contributed by atoms with Gasteiger partial charge >= 0.3 is 5.97 Å². The van der Waals surface area contributed by atoms with Gasteiger partial charge in [-0.3, -0.25) is 0 Å². The predicted molar refractivity (Wildman–Crippen MR) is 116 cm³/mol. The van der Waals surface area contributed by atoms with E-state index in [2.05, 4.69) is 21.3 Å². The van der Waals surface area contributed by atoms with E-state index < -0.39 is 0 Å². The zero-order valence-corrected chi connectivity index (χ0v) is 17.8. The van der Waals surface area contributed by atoms with Crippen molar-refractivity contribution >= 4 is 22.6 Å². The number of nitriles is 1. The van der Waals surface area contributed by atoms with Crippen LogP contribution in [0.1, 0.15) is 54.2 Å². The number of rotatable bonds is 5. The number of methoxy groups -OCH3 is 1. The molecule has 7 nitrogen and oxygen atoms in total. The molecule has 1 aromatic carbocycles. The maximum absolute atomic E-state index is 12.6. The van der Waals surface area contributed by atoms with Crippen molar-refractivity contribution in [2.24, 2.45) is 0 Å². The summed E-state index contributed by atoms with van der Waals surface area (Å²) in [5.74, 6) is -0.363. The molecule has 3 heterocycles. The average molecular weight is 411 g/mol. The van der Waals surface area contributed by atoms with Gasteiger partial charge in [0, 0.05) is 55.0 Å². The number of piperidine rings is 1. The second kappa shape index (κ2) is 9.07. The van der Waals surface area contributed by atoms with Crippen LogP contribution in [0.2, 0.25) is 0 Å². The molecule has 160 valence electrons. The van der Waals surface area contributed by atoms with Crippen LogP contribution in [0.5, 0.6) is 0 Å². The maximum Gasteiger partial charge on any atom is 0.339 e. The Bertz CT molecular complexity index is 947. The van der Waals surface area contributed by atoms with Crippen LogP contribution < -0.4 is 10.2 Å². The Morgan fingerprint density at radius 3 is 2.60 bits per heavy atom. The Hall–Kier alpha value is -2.56.